The zero-order chi connectivity index (χ0) is 21.6. The average molecular weight is 406 g/mol. The first-order valence-electron chi connectivity index (χ1n) is 9.37. The van der Waals surface area contributed by atoms with Crippen molar-refractivity contribution in [1.82, 2.24) is 19.7 Å². The number of fused-ring (bicyclic) bond motifs is 3. The van der Waals surface area contributed by atoms with Gasteiger partial charge in [0, 0.05) is 17.5 Å². The van der Waals surface area contributed by atoms with E-state index in [0.29, 0.717) is 39.8 Å². The molecule has 0 aliphatic heterocycles. The fraction of sp³-hybridized carbons (Fsp3) is 0.273. The highest BCUT2D eigenvalue weighted by molar-refractivity contribution is 6.01. The Labute approximate surface area is 173 Å². The van der Waals surface area contributed by atoms with Gasteiger partial charge >= 0.3 is 0 Å². The number of hydrogen-bond acceptors (Lipinski definition) is 7. The monoisotopic (exact) mass is 406 g/mol. The quantitative estimate of drug-likeness (QED) is 0.481. The van der Waals surface area contributed by atoms with Crippen LogP contribution in [0.1, 0.15) is 17.0 Å². The molecule has 0 atom stereocenters. The molecular formula is C22H22N4O4. The molecule has 4 aromatic rings. The van der Waals surface area contributed by atoms with E-state index in [-0.39, 0.29) is 11.1 Å². The molecule has 0 aliphatic carbocycles. The molecule has 0 aliphatic rings. The molecule has 4 rings (SSSR count). The molecule has 2 aromatic carbocycles. The summed E-state index contributed by atoms with van der Waals surface area (Å²) in [5.41, 5.74) is 3.87. The fourth-order valence-corrected chi connectivity index (χ4v) is 3.57. The van der Waals surface area contributed by atoms with Crippen molar-refractivity contribution >= 4 is 21.9 Å². The number of ether oxygens (including phenoxy) is 3. The maximum atomic E-state index is 13.4. The van der Waals surface area contributed by atoms with Crippen LogP contribution in [-0.2, 0) is 0 Å². The molecule has 2 aromatic heterocycles. The van der Waals surface area contributed by atoms with Crippen LogP contribution in [0.3, 0.4) is 0 Å². The fourth-order valence-electron chi connectivity index (χ4n) is 3.57. The predicted molar refractivity (Wildman–Crippen MR) is 114 cm³/mol. The predicted octanol–water partition coefficient (Wildman–Crippen LogP) is 3.28. The molecule has 0 bridgehead atoms. The number of aryl methyl sites for hydroxylation is 3. The Bertz CT molecular complexity index is 1340. The van der Waals surface area contributed by atoms with Gasteiger partial charge in [0.25, 0.3) is 5.56 Å². The summed E-state index contributed by atoms with van der Waals surface area (Å²) in [6, 6.07) is 7.35. The Hall–Kier alpha value is -3.68. The summed E-state index contributed by atoms with van der Waals surface area (Å²) in [4.78, 5) is 18.1. The van der Waals surface area contributed by atoms with Crippen LogP contribution in [0.4, 0.5) is 0 Å². The topological polar surface area (TPSA) is 88.4 Å². The smallest absolute Gasteiger partial charge is 0.286 e. The van der Waals surface area contributed by atoms with Crippen molar-refractivity contribution in [2.45, 2.75) is 20.8 Å². The van der Waals surface area contributed by atoms with Gasteiger partial charge in [-0.2, -0.15) is 0 Å². The van der Waals surface area contributed by atoms with E-state index in [4.69, 9.17) is 19.2 Å². The Morgan fingerprint density at radius 3 is 2.03 bits per heavy atom. The van der Waals surface area contributed by atoms with Crippen LogP contribution in [0, 0.1) is 20.8 Å². The van der Waals surface area contributed by atoms with E-state index in [1.54, 1.807) is 19.1 Å². The van der Waals surface area contributed by atoms with Crippen molar-refractivity contribution in [3.05, 3.63) is 51.6 Å². The maximum Gasteiger partial charge on any atom is 0.286 e. The van der Waals surface area contributed by atoms with Gasteiger partial charge in [-0.05, 0) is 44.0 Å². The standard InChI is InChI=1S/C22H22N4O4/c1-11-7-15-16(8-12(11)2)24-25-20-19(15)23-13(3)26(22(20)27)14-9-17(28-4)21(30-6)18(10-14)29-5/h7-10H,1-6H3. The zero-order valence-electron chi connectivity index (χ0n) is 17.7. The van der Waals surface area contributed by atoms with Crippen LogP contribution in [-0.4, -0.2) is 41.1 Å². The van der Waals surface area contributed by atoms with Gasteiger partial charge in [-0.3, -0.25) is 9.36 Å². The van der Waals surface area contributed by atoms with E-state index in [9.17, 15) is 4.79 Å². The number of benzene rings is 2. The van der Waals surface area contributed by atoms with Crippen molar-refractivity contribution in [2.24, 2.45) is 0 Å². The highest BCUT2D eigenvalue weighted by atomic mass is 16.5. The lowest BCUT2D eigenvalue weighted by Gasteiger charge is -2.16. The Kier molecular flexibility index (Phi) is 4.77. The lowest BCUT2D eigenvalue weighted by molar-refractivity contribution is 0.324. The summed E-state index contributed by atoms with van der Waals surface area (Å²) in [6.45, 7) is 5.81. The van der Waals surface area contributed by atoms with Crippen molar-refractivity contribution in [3.8, 4) is 22.9 Å². The zero-order valence-corrected chi connectivity index (χ0v) is 17.7. The molecule has 2 heterocycles. The van der Waals surface area contributed by atoms with E-state index >= 15 is 0 Å². The Morgan fingerprint density at radius 1 is 0.800 bits per heavy atom. The molecule has 154 valence electrons. The van der Waals surface area contributed by atoms with Gasteiger partial charge < -0.3 is 14.2 Å². The highest BCUT2D eigenvalue weighted by Crippen LogP contribution is 2.39. The van der Waals surface area contributed by atoms with Gasteiger partial charge in [-0.25, -0.2) is 4.98 Å². The molecule has 0 saturated carbocycles. The largest absolute Gasteiger partial charge is 0.493 e. The van der Waals surface area contributed by atoms with Crippen LogP contribution in [0.15, 0.2) is 29.1 Å². The summed E-state index contributed by atoms with van der Waals surface area (Å²) in [7, 11) is 4.58. The van der Waals surface area contributed by atoms with Crippen molar-refractivity contribution in [1.29, 1.82) is 0 Å². The maximum absolute atomic E-state index is 13.4. The van der Waals surface area contributed by atoms with E-state index in [1.807, 2.05) is 26.0 Å². The van der Waals surface area contributed by atoms with Crippen molar-refractivity contribution in [3.63, 3.8) is 0 Å². The number of methoxy groups -OCH3 is 3. The van der Waals surface area contributed by atoms with Gasteiger partial charge in [0.2, 0.25) is 5.75 Å². The number of aromatic nitrogens is 4. The first kappa shape index (κ1) is 19.6. The highest BCUT2D eigenvalue weighted by Gasteiger charge is 2.19. The SMILES string of the molecule is COc1cc(-n2c(C)nc3c(nnc4cc(C)c(C)cc43)c2=O)cc(OC)c1OC. The van der Waals surface area contributed by atoms with Gasteiger partial charge in [0.05, 0.1) is 32.5 Å². The Balaban J connectivity index is 2.05. The summed E-state index contributed by atoms with van der Waals surface area (Å²) < 4.78 is 17.7. The van der Waals surface area contributed by atoms with E-state index in [1.165, 1.54) is 25.9 Å². The molecule has 8 nitrogen and oxygen atoms in total. The van der Waals surface area contributed by atoms with Gasteiger partial charge in [0.1, 0.15) is 11.3 Å². The second kappa shape index (κ2) is 7.29. The van der Waals surface area contributed by atoms with Crippen LogP contribution in [0.5, 0.6) is 17.2 Å². The summed E-state index contributed by atoms with van der Waals surface area (Å²) >= 11 is 0. The number of nitrogens with zero attached hydrogens (tertiary/aromatic N) is 4. The van der Waals surface area contributed by atoms with Gasteiger partial charge in [-0.15, -0.1) is 10.2 Å². The second-order valence-corrected chi connectivity index (χ2v) is 7.03. The summed E-state index contributed by atoms with van der Waals surface area (Å²) in [5, 5.41) is 9.26. The lowest BCUT2D eigenvalue weighted by atomic mass is 10.1. The van der Waals surface area contributed by atoms with Crippen LogP contribution < -0.4 is 19.8 Å². The first-order chi connectivity index (χ1) is 14.4. The van der Waals surface area contributed by atoms with Crippen LogP contribution in [0.25, 0.3) is 27.6 Å². The molecule has 30 heavy (non-hydrogen) atoms. The molecule has 0 saturated heterocycles. The molecule has 0 fully saturated rings. The third-order valence-electron chi connectivity index (χ3n) is 5.26. The number of rotatable bonds is 4. The van der Waals surface area contributed by atoms with E-state index < -0.39 is 0 Å². The lowest BCUT2D eigenvalue weighted by Crippen LogP contribution is -2.23. The summed E-state index contributed by atoms with van der Waals surface area (Å²) in [6.07, 6.45) is 0. The molecular weight excluding hydrogens is 384 g/mol. The molecule has 0 spiro atoms. The molecule has 8 heteroatoms. The molecule has 0 amide bonds. The molecule has 0 radical (unpaired) electrons. The first-order valence-corrected chi connectivity index (χ1v) is 9.37. The third-order valence-corrected chi connectivity index (χ3v) is 5.26. The summed E-state index contributed by atoms with van der Waals surface area (Å²) in [5.74, 6) is 1.83. The Morgan fingerprint density at radius 2 is 1.43 bits per heavy atom. The molecule has 0 unspecified atom stereocenters. The minimum absolute atomic E-state index is 0.199. The van der Waals surface area contributed by atoms with E-state index in [2.05, 4.69) is 10.2 Å². The van der Waals surface area contributed by atoms with Crippen LogP contribution >= 0.6 is 0 Å². The second-order valence-electron chi connectivity index (χ2n) is 7.03. The van der Waals surface area contributed by atoms with Crippen molar-refractivity contribution < 1.29 is 14.2 Å². The van der Waals surface area contributed by atoms with Gasteiger partial charge in [-0.1, -0.05) is 0 Å². The minimum atomic E-state index is -0.320. The minimum Gasteiger partial charge on any atom is -0.493 e. The van der Waals surface area contributed by atoms with Gasteiger partial charge in [0.15, 0.2) is 17.0 Å². The molecule has 0 N–H and O–H groups in total. The normalized spacial score (nSPS) is 11.1. The van der Waals surface area contributed by atoms with Crippen LogP contribution in [0.2, 0.25) is 0 Å². The third kappa shape index (κ3) is 2.92. The average Bonchev–Trinajstić information content (AvgIpc) is 2.73. The van der Waals surface area contributed by atoms with E-state index in [0.717, 1.165) is 16.5 Å². The number of hydrogen-bond donors (Lipinski definition) is 0. The van der Waals surface area contributed by atoms with Crippen molar-refractivity contribution in [2.75, 3.05) is 21.3 Å².